The Morgan fingerprint density at radius 3 is 2.22 bits per heavy atom. The molecule has 5 heteroatoms. The van der Waals surface area contributed by atoms with Crippen LogP contribution < -0.4 is 4.74 Å². The zero-order valence-electron chi connectivity index (χ0n) is 18.4. The Balaban J connectivity index is 1.67. The van der Waals surface area contributed by atoms with Crippen LogP contribution in [0, 0.1) is 0 Å². The van der Waals surface area contributed by atoms with Crippen LogP contribution in [0.5, 0.6) is 5.75 Å². The van der Waals surface area contributed by atoms with Crippen molar-refractivity contribution in [2.75, 3.05) is 19.8 Å². The lowest BCUT2D eigenvalue weighted by Gasteiger charge is -2.23. The number of ether oxygens (including phenoxy) is 2. The maximum absolute atomic E-state index is 13.3. The maximum Gasteiger partial charge on any atom is 0.307 e. The molecule has 0 aliphatic heterocycles. The molecule has 0 saturated heterocycles. The molecular formula is C27H29NO4. The van der Waals surface area contributed by atoms with Crippen molar-refractivity contribution < 1.29 is 19.1 Å². The Hall–Kier alpha value is -3.60. The van der Waals surface area contributed by atoms with Crippen LogP contribution in [0.25, 0.3) is 0 Å². The molecule has 0 aliphatic carbocycles. The predicted octanol–water partition coefficient (Wildman–Crippen LogP) is 4.90. The third kappa shape index (κ3) is 7.27. The van der Waals surface area contributed by atoms with Gasteiger partial charge in [0.15, 0.2) is 0 Å². The molecule has 166 valence electrons. The SMILES string of the molecule is CCOC(=O)CCN(Cc1ccccc1)C(=O)c1cccc(OCCc2ccccc2)c1. The summed E-state index contributed by atoms with van der Waals surface area (Å²) in [6.07, 6.45) is 0.943. The van der Waals surface area contributed by atoms with Crippen molar-refractivity contribution in [2.24, 2.45) is 0 Å². The minimum absolute atomic E-state index is 0.147. The highest BCUT2D eigenvalue weighted by atomic mass is 16.5. The van der Waals surface area contributed by atoms with Crippen LogP contribution in [0.3, 0.4) is 0 Å². The molecule has 0 saturated carbocycles. The molecule has 0 heterocycles. The number of esters is 1. The first-order chi connectivity index (χ1) is 15.7. The van der Waals surface area contributed by atoms with Crippen molar-refractivity contribution in [1.29, 1.82) is 0 Å². The van der Waals surface area contributed by atoms with Gasteiger partial charge >= 0.3 is 5.97 Å². The summed E-state index contributed by atoms with van der Waals surface area (Å²) in [7, 11) is 0. The fraction of sp³-hybridized carbons (Fsp3) is 0.259. The molecule has 32 heavy (non-hydrogen) atoms. The van der Waals surface area contributed by atoms with E-state index in [1.807, 2.05) is 60.7 Å². The molecule has 0 aromatic heterocycles. The number of carbonyl (C=O) groups excluding carboxylic acids is 2. The second-order valence-electron chi connectivity index (χ2n) is 7.38. The molecule has 0 unspecified atom stereocenters. The zero-order valence-corrected chi connectivity index (χ0v) is 18.4. The number of hydrogen-bond donors (Lipinski definition) is 0. The van der Waals surface area contributed by atoms with E-state index in [1.54, 1.807) is 24.0 Å². The molecule has 0 atom stereocenters. The molecule has 3 aromatic rings. The first-order valence-electron chi connectivity index (χ1n) is 10.9. The maximum atomic E-state index is 13.3. The summed E-state index contributed by atoms with van der Waals surface area (Å²) in [5.74, 6) is 0.194. The summed E-state index contributed by atoms with van der Waals surface area (Å²) < 4.78 is 10.9. The fourth-order valence-corrected chi connectivity index (χ4v) is 3.35. The zero-order chi connectivity index (χ0) is 22.6. The van der Waals surface area contributed by atoms with E-state index in [1.165, 1.54) is 5.56 Å². The Labute approximate surface area is 189 Å². The van der Waals surface area contributed by atoms with Crippen molar-refractivity contribution in [3.8, 4) is 5.75 Å². The summed E-state index contributed by atoms with van der Waals surface area (Å²) in [6, 6.07) is 27.1. The minimum Gasteiger partial charge on any atom is -0.493 e. The number of rotatable bonds is 11. The van der Waals surface area contributed by atoms with E-state index in [0.717, 1.165) is 12.0 Å². The lowest BCUT2D eigenvalue weighted by Crippen LogP contribution is -2.33. The van der Waals surface area contributed by atoms with E-state index in [0.29, 0.717) is 31.1 Å². The molecule has 3 aromatic carbocycles. The van der Waals surface area contributed by atoms with Crippen molar-refractivity contribution in [3.63, 3.8) is 0 Å². The monoisotopic (exact) mass is 431 g/mol. The topological polar surface area (TPSA) is 55.8 Å². The Kier molecular flexibility index (Phi) is 8.87. The molecule has 0 aliphatic rings. The van der Waals surface area contributed by atoms with E-state index in [-0.39, 0.29) is 24.8 Å². The van der Waals surface area contributed by atoms with Gasteiger partial charge in [0.25, 0.3) is 5.91 Å². The van der Waals surface area contributed by atoms with E-state index in [2.05, 4.69) is 12.1 Å². The first kappa shape index (κ1) is 23.1. The van der Waals surface area contributed by atoms with Gasteiger partial charge in [-0.2, -0.15) is 0 Å². The Bertz CT molecular complexity index is 989. The minimum atomic E-state index is -0.309. The summed E-state index contributed by atoms with van der Waals surface area (Å²) in [6.45, 7) is 3.32. The van der Waals surface area contributed by atoms with Crippen LogP contribution in [0.2, 0.25) is 0 Å². The van der Waals surface area contributed by atoms with Gasteiger partial charge in [-0.3, -0.25) is 9.59 Å². The summed E-state index contributed by atoms with van der Waals surface area (Å²) >= 11 is 0. The van der Waals surface area contributed by atoms with Crippen LogP contribution >= 0.6 is 0 Å². The highest BCUT2D eigenvalue weighted by Crippen LogP contribution is 2.17. The van der Waals surface area contributed by atoms with E-state index < -0.39 is 0 Å². The van der Waals surface area contributed by atoms with E-state index >= 15 is 0 Å². The van der Waals surface area contributed by atoms with Gasteiger partial charge in [0.05, 0.1) is 19.6 Å². The highest BCUT2D eigenvalue weighted by Gasteiger charge is 2.18. The average Bonchev–Trinajstić information content (AvgIpc) is 2.83. The molecule has 3 rings (SSSR count). The normalized spacial score (nSPS) is 10.4. The largest absolute Gasteiger partial charge is 0.493 e. The number of carbonyl (C=O) groups is 2. The summed E-state index contributed by atoms with van der Waals surface area (Å²) in [5.41, 5.74) is 2.73. The molecular weight excluding hydrogens is 402 g/mol. The Morgan fingerprint density at radius 1 is 0.844 bits per heavy atom. The van der Waals surface area contributed by atoms with Crippen LogP contribution in [-0.4, -0.2) is 36.5 Å². The third-order valence-corrected chi connectivity index (χ3v) is 4.98. The number of amides is 1. The predicted molar refractivity (Wildman–Crippen MR) is 125 cm³/mol. The lowest BCUT2D eigenvalue weighted by atomic mass is 10.1. The highest BCUT2D eigenvalue weighted by molar-refractivity contribution is 5.94. The molecule has 0 radical (unpaired) electrons. The molecule has 5 nitrogen and oxygen atoms in total. The van der Waals surface area contributed by atoms with Crippen LogP contribution in [0.1, 0.15) is 34.8 Å². The van der Waals surface area contributed by atoms with Crippen molar-refractivity contribution in [3.05, 3.63) is 102 Å². The van der Waals surface area contributed by atoms with Gasteiger partial charge in [0, 0.05) is 25.1 Å². The van der Waals surface area contributed by atoms with Gasteiger partial charge < -0.3 is 14.4 Å². The van der Waals surface area contributed by atoms with Gasteiger partial charge in [-0.05, 0) is 36.2 Å². The molecule has 1 amide bonds. The quantitative estimate of drug-likeness (QED) is 0.405. The fourth-order valence-electron chi connectivity index (χ4n) is 3.35. The second kappa shape index (κ2) is 12.3. The van der Waals surface area contributed by atoms with Crippen molar-refractivity contribution >= 4 is 11.9 Å². The molecule has 0 bridgehead atoms. The average molecular weight is 432 g/mol. The van der Waals surface area contributed by atoms with Crippen molar-refractivity contribution in [1.82, 2.24) is 4.90 Å². The summed E-state index contributed by atoms with van der Waals surface area (Å²) in [4.78, 5) is 26.8. The lowest BCUT2D eigenvalue weighted by molar-refractivity contribution is -0.143. The van der Waals surface area contributed by atoms with Crippen LogP contribution in [0.15, 0.2) is 84.9 Å². The molecule has 0 N–H and O–H groups in total. The Morgan fingerprint density at radius 2 is 1.53 bits per heavy atom. The molecule has 0 fully saturated rings. The van der Waals surface area contributed by atoms with Crippen molar-refractivity contribution in [2.45, 2.75) is 26.3 Å². The first-order valence-corrected chi connectivity index (χ1v) is 10.9. The van der Waals surface area contributed by atoms with Crippen LogP contribution in [-0.2, 0) is 22.5 Å². The van der Waals surface area contributed by atoms with E-state index in [9.17, 15) is 9.59 Å². The van der Waals surface area contributed by atoms with Gasteiger partial charge in [0.1, 0.15) is 5.75 Å². The second-order valence-corrected chi connectivity index (χ2v) is 7.38. The number of hydrogen-bond acceptors (Lipinski definition) is 4. The number of nitrogens with zero attached hydrogens (tertiary/aromatic N) is 1. The third-order valence-electron chi connectivity index (χ3n) is 4.98. The molecule has 0 spiro atoms. The van der Waals surface area contributed by atoms with Gasteiger partial charge in [-0.1, -0.05) is 66.7 Å². The van der Waals surface area contributed by atoms with Gasteiger partial charge in [-0.25, -0.2) is 0 Å². The number of benzene rings is 3. The van der Waals surface area contributed by atoms with Crippen LogP contribution in [0.4, 0.5) is 0 Å². The van der Waals surface area contributed by atoms with Gasteiger partial charge in [-0.15, -0.1) is 0 Å². The van der Waals surface area contributed by atoms with Gasteiger partial charge in [0.2, 0.25) is 0 Å². The summed E-state index contributed by atoms with van der Waals surface area (Å²) in [5, 5.41) is 0. The smallest absolute Gasteiger partial charge is 0.307 e. The standard InChI is InChI=1S/C27H29NO4/c1-2-31-26(29)16-18-28(21-23-12-7-4-8-13-23)27(30)24-14-9-15-25(20-24)32-19-17-22-10-5-3-6-11-22/h3-15,20H,2,16-19,21H2,1H3. The van der Waals surface area contributed by atoms with E-state index in [4.69, 9.17) is 9.47 Å².